The molecule has 0 amide bonds. The van der Waals surface area contributed by atoms with Crippen molar-refractivity contribution in [1.29, 1.82) is 0 Å². The van der Waals surface area contributed by atoms with Gasteiger partial charge < -0.3 is 5.32 Å². The van der Waals surface area contributed by atoms with Crippen LogP contribution in [0.3, 0.4) is 0 Å². The summed E-state index contributed by atoms with van der Waals surface area (Å²) in [5, 5.41) is 4.03. The minimum Gasteiger partial charge on any atom is -0.382 e. The van der Waals surface area contributed by atoms with E-state index in [1.54, 1.807) is 0 Å². The van der Waals surface area contributed by atoms with E-state index >= 15 is 0 Å². The molecule has 4 heteroatoms. The summed E-state index contributed by atoms with van der Waals surface area (Å²) < 4.78 is 13.1. The molecule has 2 fully saturated rings. The average molecular weight is 288 g/mol. The molecule has 3 unspecified atom stereocenters. The van der Waals surface area contributed by atoms with E-state index in [1.807, 2.05) is 0 Å². The molecule has 3 rings (SSSR count). The molecule has 0 spiro atoms. The van der Waals surface area contributed by atoms with Crippen molar-refractivity contribution in [2.75, 3.05) is 11.9 Å². The van der Waals surface area contributed by atoms with Gasteiger partial charge in [-0.15, -0.1) is 0 Å². The molecule has 18 heavy (non-hydrogen) atoms. The zero-order chi connectivity index (χ0) is 12.7. The minimum atomic E-state index is -0.393. The number of benzene rings is 1. The summed E-state index contributed by atoms with van der Waals surface area (Å²) in [6.07, 6.45) is 5.46. The van der Waals surface area contributed by atoms with Crippen LogP contribution in [-0.2, 0) is 0 Å². The lowest BCUT2D eigenvalue weighted by molar-refractivity contribution is 0.348. The fraction of sp³-hybridized carbons (Fsp3) is 0.571. The maximum Gasteiger partial charge on any atom is 0.126 e. The Morgan fingerprint density at radius 3 is 2.44 bits per heavy atom. The first-order valence-electron chi connectivity index (χ1n) is 6.52. The molecule has 0 aliphatic heterocycles. The number of fused-ring (bicyclic) bond motifs is 2. The monoisotopic (exact) mass is 287 g/mol. The molecule has 1 nitrogen and oxygen atoms in total. The normalized spacial score (nSPS) is 29.8. The third kappa shape index (κ3) is 2.33. The van der Waals surface area contributed by atoms with Gasteiger partial charge in [0, 0.05) is 6.54 Å². The maximum atomic E-state index is 13.1. The van der Waals surface area contributed by atoms with Gasteiger partial charge in [-0.2, -0.15) is 0 Å². The van der Waals surface area contributed by atoms with E-state index in [0.717, 1.165) is 24.3 Å². The summed E-state index contributed by atoms with van der Waals surface area (Å²) in [6.45, 7) is 0.895. The molecule has 0 aromatic heterocycles. The molecule has 0 heterocycles. The van der Waals surface area contributed by atoms with Crippen LogP contribution < -0.4 is 5.32 Å². The first-order chi connectivity index (χ1) is 8.63. The van der Waals surface area contributed by atoms with Gasteiger partial charge in [-0.05, 0) is 49.1 Å². The summed E-state index contributed by atoms with van der Waals surface area (Å²) in [4.78, 5) is 0. The van der Waals surface area contributed by atoms with Gasteiger partial charge in [-0.25, -0.2) is 4.39 Å². The van der Waals surface area contributed by atoms with Crippen molar-refractivity contribution in [2.24, 2.45) is 17.8 Å². The molecule has 0 radical (unpaired) electrons. The van der Waals surface area contributed by atoms with E-state index in [-0.39, 0.29) is 0 Å². The lowest BCUT2D eigenvalue weighted by atomic mass is 9.89. The van der Waals surface area contributed by atoms with Crippen LogP contribution in [0.25, 0.3) is 0 Å². The van der Waals surface area contributed by atoms with Crippen LogP contribution in [-0.4, -0.2) is 6.54 Å². The van der Waals surface area contributed by atoms with Crippen molar-refractivity contribution >= 4 is 28.9 Å². The second-order valence-corrected chi connectivity index (χ2v) is 6.37. The number of halogens is 3. The molecular weight excluding hydrogens is 272 g/mol. The Labute approximate surface area is 117 Å². The van der Waals surface area contributed by atoms with Crippen LogP contribution in [0, 0.1) is 23.6 Å². The summed E-state index contributed by atoms with van der Waals surface area (Å²) in [7, 11) is 0. The molecule has 3 atom stereocenters. The van der Waals surface area contributed by atoms with E-state index in [9.17, 15) is 4.39 Å². The fourth-order valence-electron chi connectivity index (χ4n) is 3.57. The largest absolute Gasteiger partial charge is 0.382 e. The van der Waals surface area contributed by atoms with Gasteiger partial charge in [0.2, 0.25) is 0 Å². The molecule has 2 aliphatic rings. The number of hydrogen-bond acceptors (Lipinski definition) is 1. The predicted octanol–water partition coefficient (Wildman–Crippen LogP) is 4.98. The fourth-order valence-corrected chi connectivity index (χ4v) is 4.16. The Balaban J connectivity index is 1.67. The van der Waals surface area contributed by atoms with Crippen molar-refractivity contribution in [3.05, 3.63) is 28.0 Å². The standard InChI is InChI=1S/C14H16Cl2FN/c15-12-5-11(17)6-13(16)14(12)18-7-10-4-8-1-2-9(10)3-8/h5-6,8-10,18H,1-4,7H2. The number of rotatable bonds is 3. The van der Waals surface area contributed by atoms with E-state index < -0.39 is 5.82 Å². The quantitative estimate of drug-likeness (QED) is 0.827. The highest BCUT2D eigenvalue weighted by Crippen LogP contribution is 2.48. The molecule has 0 saturated heterocycles. The average Bonchev–Trinajstić information content (AvgIpc) is 2.89. The van der Waals surface area contributed by atoms with Crippen molar-refractivity contribution in [2.45, 2.75) is 25.7 Å². The second-order valence-electron chi connectivity index (χ2n) is 5.56. The minimum absolute atomic E-state index is 0.364. The summed E-state index contributed by atoms with van der Waals surface area (Å²) in [6, 6.07) is 2.60. The third-order valence-corrected chi connectivity index (χ3v) is 5.03. The smallest absolute Gasteiger partial charge is 0.126 e. The first kappa shape index (κ1) is 12.6. The lowest BCUT2D eigenvalue weighted by Crippen LogP contribution is -2.20. The van der Waals surface area contributed by atoms with Gasteiger partial charge in [0.25, 0.3) is 0 Å². The molecular formula is C14H16Cl2FN. The van der Waals surface area contributed by atoms with Crippen molar-refractivity contribution in [1.82, 2.24) is 0 Å². The highest BCUT2D eigenvalue weighted by atomic mass is 35.5. The van der Waals surface area contributed by atoms with Gasteiger partial charge in [-0.1, -0.05) is 29.6 Å². The molecule has 1 aromatic rings. The Hall–Kier alpha value is -0.470. The number of nitrogens with one attached hydrogen (secondary N) is 1. The zero-order valence-corrected chi connectivity index (χ0v) is 11.6. The highest BCUT2D eigenvalue weighted by molar-refractivity contribution is 6.39. The van der Waals surface area contributed by atoms with Crippen LogP contribution in [0.1, 0.15) is 25.7 Å². The van der Waals surface area contributed by atoms with Crippen LogP contribution in [0.5, 0.6) is 0 Å². The van der Waals surface area contributed by atoms with Crippen LogP contribution in [0.4, 0.5) is 10.1 Å². The van der Waals surface area contributed by atoms with Crippen LogP contribution in [0.15, 0.2) is 12.1 Å². The molecule has 1 N–H and O–H groups in total. The second kappa shape index (κ2) is 4.90. The van der Waals surface area contributed by atoms with Crippen molar-refractivity contribution < 1.29 is 4.39 Å². The van der Waals surface area contributed by atoms with Gasteiger partial charge >= 0.3 is 0 Å². The lowest BCUT2D eigenvalue weighted by Gasteiger charge is -2.23. The molecule has 1 aromatic carbocycles. The van der Waals surface area contributed by atoms with E-state index in [2.05, 4.69) is 5.32 Å². The zero-order valence-electron chi connectivity index (χ0n) is 10.1. The topological polar surface area (TPSA) is 12.0 Å². The number of hydrogen-bond donors (Lipinski definition) is 1. The first-order valence-corrected chi connectivity index (χ1v) is 7.27. The van der Waals surface area contributed by atoms with Gasteiger partial charge in [-0.3, -0.25) is 0 Å². The predicted molar refractivity (Wildman–Crippen MR) is 73.8 cm³/mol. The maximum absolute atomic E-state index is 13.1. The number of anilines is 1. The Morgan fingerprint density at radius 1 is 1.17 bits per heavy atom. The van der Waals surface area contributed by atoms with Crippen molar-refractivity contribution in [3.63, 3.8) is 0 Å². The Morgan fingerprint density at radius 2 is 1.89 bits per heavy atom. The Kier molecular flexibility index (Phi) is 3.42. The molecule has 2 aliphatic carbocycles. The van der Waals surface area contributed by atoms with Crippen molar-refractivity contribution in [3.8, 4) is 0 Å². The summed E-state index contributed by atoms with van der Waals surface area (Å²) in [5.41, 5.74) is 0.669. The van der Waals surface area contributed by atoms with E-state index in [4.69, 9.17) is 23.2 Å². The van der Waals surface area contributed by atoms with Crippen LogP contribution in [0.2, 0.25) is 10.0 Å². The molecule has 98 valence electrons. The molecule has 2 bridgehead atoms. The van der Waals surface area contributed by atoms with Gasteiger partial charge in [0.15, 0.2) is 0 Å². The summed E-state index contributed by atoms with van der Waals surface area (Å²) >= 11 is 12.0. The molecule has 2 saturated carbocycles. The van der Waals surface area contributed by atoms with Gasteiger partial charge in [0.1, 0.15) is 5.82 Å². The van der Waals surface area contributed by atoms with Crippen LogP contribution >= 0.6 is 23.2 Å². The van der Waals surface area contributed by atoms with E-state index in [1.165, 1.54) is 37.8 Å². The van der Waals surface area contributed by atoms with E-state index in [0.29, 0.717) is 15.7 Å². The Bertz CT molecular complexity index is 440. The summed E-state index contributed by atoms with van der Waals surface area (Å²) in [5.74, 6) is 2.12. The SMILES string of the molecule is Fc1cc(Cl)c(NCC2CC3CCC2C3)c(Cl)c1. The third-order valence-electron chi connectivity index (χ3n) is 4.43. The highest BCUT2D eigenvalue weighted by Gasteiger charge is 2.39. The van der Waals surface area contributed by atoms with Gasteiger partial charge in [0.05, 0.1) is 15.7 Å².